The van der Waals surface area contributed by atoms with Gasteiger partial charge in [0.2, 0.25) is 17.7 Å². The first-order valence-corrected chi connectivity index (χ1v) is 21.0. The molecule has 17 heteroatoms. The van der Waals surface area contributed by atoms with E-state index in [1.807, 2.05) is 0 Å². The normalized spacial score (nSPS) is 15.0. The molecule has 0 saturated heterocycles. The van der Waals surface area contributed by atoms with Crippen LogP contribution in [-0.4, -0.2) is 92.5 Å². The predicted octanol–water partition coefficient (Wildman–Crippen LogP) is 4.21. The molecule has 1 saturated carbocycles. The summed E-state index contributed by atoms with van der Waals surface area (Å²) >= 11 is 4.05. The number of carbonyl (C=O) groups is 8. The van der Waals surface area contributed by atoms with Gasteiger partial charge in [-0.2, -0.15) is 22.2 Å². The summed E-state index contributed by atoms with van der Waals surface area (Å²) < 4.78 is 0. The molecular weight excluding hydrogens is 811 g/mol. The number of nitrogens with one attached hydrogen (secondary N) is 3. The summed E-state index contributed by atoms with van der Waals surface area (Å²) in [5, 5.41) is 36.5. The van der Waals surface area contributed by atoms with Crippen molar-refractivity contribution in [3.63, 3.8) is 0 Å². The highest BCUT2D eigenvalue weighted by Crippen LogP contribution is 2.36. The average molecular weight is 868 g/mol. The largest absolute Gasteiger partial charge is 0.481 e. The van der Waals surface area contributed by atoms with Crippen LogP contribution in [0.15, 0.2) is 60.7 Å². The van der Waals surface area contributed by atoms with E-state index < -0.39 is 115 Å². The van der Waals surface area contributed by atoms with Crippen molar-refractivity contribution in [2.24, 2.45) is 23.7 Å². The Hall–Kier alpha value is -5.67. The maximum atomic E-state index is 14.7. The van der Waals surface area contributed by atoms with E-state index in [1.165, 1.54) is 0 Å². The van der Waals surface area contributed by atoms with Gasteiger partial charge in [0.1, 0.15) is 6.04 Å². The number of carboxylic acids is 3. The Bertz CT molecular complexity index is 1770. The van der Waals surface area contributed by atoms with Gasteiger partial charge in [-0.1, -0.05) is 107 Å². The molecule has 332 valence electrons. The number of thiol groups is 1. The van der Waals surface area contributed by atoms with Crippen LogP contribution in [0.2, 0.25) is 0 Å². The van der Waals surface area contributed by atoms with Crippen LogP contribution >= 0.6 is 12.6 Å². The average Bonchev–Trinajstić information content (AvgIpc) is 3.23. The standard InChI is InChI=1S/C43H57N3O11S.CO2/c1-26(2)40(53)44-33(19-21-38(51)52)36(48)24-31(39(28-14-8-4-9-15-28)29-16-10-5-11-17-29)42(55)45-32(18-20-37(49)50)35(47)23-30(22-27-12-6-3-7-13-27)41(54)46-34(25-58)43(56)57;2-1-3/h4-5,8-11,14-17,26-27,30-34,39,58H,3,6-7,12-13,18-25H2,1-2H3,(H,44,53)(H,45,55)(H,46,54)(H,49,50)(H,51,52)(H,56,57);/t30-,31+,32+,33+,34+;/m1./s1. The maximum absolute atomic E-state index is 14.7. The van der Waals surface area contributed by atoms with Crippen molar-refractivity contribution >= 4 is 66.0 Å². The van der Waals surface area contributed by atoms with Crippen LogP contribution < -0.4 is 16.0 Å². The van der Waals surface area contributed by atoms with Gasteiger partial charge < -0.3 is 31.3 Å². The first-order chi connectivity index (χ1) is 29.0. The lowest BCUT2D eigenvalue weighted by Crippen LogP contribution is -2.49. The zero-order valence-corrected chi connectivity index (χ0v) is 35.4. The molecule has 2 aromatic rings. The molecule has 0 radical (unpaired) electrons. The fourth-order valence-corrected chi connectivity index (χ4v) is 7.69. The van der Waals surface area contributed by atoms with Crippen LogP contribution in [0.1, 0.15) is 108 Å². The number of rotatable bonds is 25. The second-order valence-corrected chi connectivity index (χ2v) is 15.9. The van der Waals surface area contributed by atoms with E-state index in [1.54, 1.807) is 74.5 Å². The van der Waals surface area contributed by atoms with Crippen LogP contribution in [0.5, 0.6) is 0 Å². The SMILES string of the molecule is CC(C)C(=O)N[C@@H](CCC(=O)O)C(=O)C[C@H](C(=O)N[C@@H](CCC(=O)O)C(=O)C[C@@H](CC1CCCCC1)C(=O)N[C@@H](CS)C(=O)O)C(c1ccccc1)c1ccccc1.O=C=O. The molecule has 6 N–H and O–H groups in total. The van der Waals surface area contributed by atoms with E-state index in [0.717, 1.165) is 32.1 Å². The van der Waals surface area contributed by atoms with Crippen LogP contribution in [0.4, 0.5) is 0 Å². The molecule has 0 aromatic heterocycles. The summed E-state index contributed by atoms with van der Waals surface area (Å²) in [5.74, 6) is -10.5. The summed E-state index contributed by atoms with van der Waals surface area (Å²) in [5.41, 5.74) is 1.29. The molecule has 1 fully saturated rings. The van der Waals surface area contributed by atoms with Gasteiger partial charge in [-0.15, -0.1) is 0 Å². The van der Waals surface area contributed by atoms with E-state index in [-0.39, 0.29) is 37.1 Å². The van der Waals surface area contributed by atoms with Crippen molar-refractivity contribution in [3.05, 3.63) is 71.8 Å². The van der Waals surface area contributed by atoms with Crippen LogP contribution in [0.3, 0.4) is 0 Å². The van der Waals surface area contributed by atoms with Crippen LogP contribution in [0.25, 0.3) is 0 Å². The highest BCUT2D eigenvalue weighted by atomic mass is 32.1. The fraction of sp³-hybridized carbons (Fsp3) is 0.523. The minimum atomic E-state index is -1.40. The number of ketones is 2. The van der Waals surface area contributed by atoms with Crippen LogP contribution in [-0.2, 0) is 47.9 Å². The second kappa shape index (κ2) is 27.2. The molecule has 0 spiro atoms. The zero-order valence-electron chi connectivity index (χ0n) is 34.5. The minimum Gasteiger partial charge on any atom is -0.481 e. The van der Waals surface area contributed by atoms with Gasteiger partial charge in [0, 0.05) is 49.2 Å². The molecule has 1 aliphatic rings. The molecule has 0 heterocycles. The number of carbonyl (C=O) groups excluding carboxylic acids is 7. The topological polar surface area (TPSA) is 267 Å². The molecule has 2 aromatic carbocycles. The summed E-state index contributed by atoms with van der Waals surface area (Å²) in [6.45, 7) is 3.24. The molecule has 3 rings (SSSR count). The lowest BCUT2D eigenvalue weighted by atomic mass is 9.76. The Labute approximate surface area is 360 Å². The number of hydrogen-bond acceptors (Lipinski definition) is 11. The predicted molar refractivity (Wildman–Crippen MR) is 223 cm³/mol. The van der Waals surface area contributed by atoms with Crippen molar-refractivity contribution in [1.82, 2.24) is 16.0 Å². The van der Waals surface area contributed by atoms with Gasteiger partial charge in [0.15, 0.2) is 11.6 Å². The molecule has 5 atom stereocenters. The number of hydrogen-bond donors (Lipinski definition) is 7. The van der Waals surface area contributed by atoms with Gasteiger partial charge >= 0.3 is 24.1 Å². The molecule has 0 unspecified atom stereocenters. The lowest BCUT2D eigenvalue weighted by Gasteiger charge is -2.31. The first-order valence-electron chi connectivity index (χ1n) is 20.4. The highest BCUT2D eigenvalue weighted by molar-refractivity contribution is 7.80. The molecule has 0 bridgehead atoms. The van der Waals surface area contributed by atoms with Crippen molar-refractivity contribution in [2.75, 3.05) is 5.75 Å². The Morgan fingerprint density at radius 3 is 1.52 bits per heavy atom. The zero-order chi connectivity index (χ0) is 45.5. The van der Waals surface area contributed by atoms with E-state index in [0.29, 0.717) is 11.1 Å². The first kappa shape index (κ1) is 51.5. The Kier molecular flexibility index (Phi) is 23.0. The van der Waals surface area contributed by atoms with Crippen molar-refractivity contribution in [3.8, 4) is 0 Å². The van der Waals surface area contributed by atoms with Gasteiger partial charge in [-0.3, -0.25) is 33.6 Å². The molecule has 61 heavy (non-hydrogen) atoms. The van der Waals surface area contributed by atoms with Crippen molar-refractivity contribution in [1.29, 1.82) is 0 Å². The van der Waals surface area contributed by atoms with Crippen molar-refractivity contribution in [2.45, 2.75) is 115 Å². The third-order valence-corrected chi connectivity index (χ3v) is 11.0. The van der Waals surface area contributed by atoms with Gasteiger partial charge in [0.25, 0.3) is 0 Å². The van der Waals surface area contributed by atoms with Crippen molar-refractivity contribution < 1.29 is 63.3 Å². The third-order valence-electron chi connectivity index (χ3n) is 10.7. The third kappa shape index (κ3) is 18.2. The Morgan fingerprint density at radius 2 is 1.10 bits per heavy atom. The summed E-state index contributed by atoms with van der Waals surface area (Å²) in [6.07, 6.45) is 2.71. The molecule has 3 amide bonds. The maximum Gasteiger partial charge on any atom is 0.373 e. The van der Waals surface area contributed by atoms with Gasteiger partial charge in [-0.25, -0.2) is 4.79 Å². The quantitative estimate of drug-likeness (QED) is 0.0691. The summed E-state index contributed by atoms with van der Waals surface area (Å²) in [6, 6.07) is 13.8. The number of benzene rings is 2. The Balaban J connectivity index is 0.00000414. The monoisotopic (exact) mass is 867 g/mol. The lowest BCUT2D eigenvalue weighted by molar-refractivity contribution is -0.192. The second-order valence-electron chi connectivity index (χ2n) is 15.5. The number of aliphatic carboxylic acids is 3. The van der Waals surface area contributed by atoms with E-state index in [4.69, 9.17) is 9.59 Å². The number of carboxylic acid groups (broad SMARTS) is 3. The minimum absolute atomic E-state index is 0.0989. The molecule has 0 aliphatic heterocycles. The van der Waals surface area contributed by atoms with E-state index in [9.17, 15) is 53.7 Å². The number of amides is 3. The molecule has 16 nitrogen and oxygen atoms in total. The van der Waals surface area contributed by atoms with Gasteiger partial charge in [0.05, 0.1) is 18.0 Å². The molecular formula is C44H57N3O13S. The van der Waals surface area contributed by atoms with E-state index >= 15 is 0 Å². The smallest absolute Gasteiger partial charge is 0.373 e. The summed E-state index contributed by atoms with van der Waals surface area (Å²) in [4.78, 5) is 121. The fourth-order valence-electron chi connectivity index (χ4n) is 7.45. The van der Waals surface area contributed by atoms with Crippen LogP contribution in [0, 0.1) is 23.7 Å². The van der Waals surface area contributed by atoms with Gasteiger partial charge in [-0.05, 0) is 36.3 Å². The summed E-state index contributed by atoms with van der Waals surface area (Å²) in [7, 11) is 0. The molecule has 1 aliphatic carbocycles. The Morgan fingerprint density at radius 1 is 0.656 bits per heavy atom. The number of Topliss-reactive ketones (excluding diaryl/α,β-unsaturated/α-hetero) is 2. The highest BCUT2D eigenvalue weighted by Gasteiger charge is 2.38. The van der Waals surface area contributed by atoms with E-state index in [2.05, 4.69) is 28.6 Å².